The first-order valence-corrected chi connectivity index (χ1v) is 11.5. The summed E-state index contributed by atoms with van der Waals surface area (Å²) in [5.74, 6) is -0.212. The van der Waals surface area contributed by atoms with Crippen LogP contribution >= 0.6 is 0 Å². The Kier molecular flexibility index (Phi) is 7.89. The first-order chi connectivity index (χ1) is 16.6. The molecular weight excluding hydrogens is 444 g/mol. The van der Waals surface area contributed by atoms with Gasteiger partial charge in [-0.05, 0) is 62.9 Å². The molecule has 0 amide bonds. The number of methoxy groups -OCH3 is 3. The number of aryl methyl sites for hydroxylation is 5. The van der Waals surface area contributed by atoms with Crippen LogP contribution in [-0.2, 0) is 19.1 Å². The molecule has 0 bridgehead atoms. The Morgan fingerprint density at radius 3 is 2.03 bits per heavy atom. The summed E-state index contributed by atoms with van der Waals surface area (Å²) in [5.41, 5.74) is 8.27. The molecule has 186 valence electrons. The zero-order chi connectivity index (χ0) is 25.9. The third-order valence-corrected chi connectivity index (χ3v) is 6.27. The molecule has 0 heterocycles. The quantitative estimate of drug-likeness (QED) is 0.538. The van der Waals surface area contributed by atoms with Gasteiger partial charge in [0.2, 0.25) is 0 Å². The molecule has 2 N–H and O–H groups in total. The van der Waals surface area contributed by atoms with E-state index in [1.807, 2.05) is 46.8 Å². The number of hydrogen-bond donors (Lipinski definition) is 2. The Bertz CT molecular complexity index is 1200. The number of anilines is 2. The van der Waals surface area contributed by atoms with Crippen LogP contribution in [0, 0.1) is 34.6 Å². The average molecular weight is 479 g/mol. The van der Waals surface area contributed by atoms with Crippen LogP contribution < -0.4 is 15.4 Å². The molecule has 0 radical (unpaired) electrons. The summed E-state index contributed by atoms with van der Waals surface area (Å²) in [7, 11) is 4.31. The predicted molar refractivity (Wildman–Crippen MR) is 138 cm³/mol. The van der Waals surface area contributed by atoms with Crippen molar-refractivity contribution < 1.29 is 23.8 Å². The minimum Gasteiger partial charge on any atom is -0.496 e. The molecule has 35 heavy (non-hydrogen) atoms. The van der Waals surface area contributed by atoms with Gasteiger partial charge in [-0.2, -0.15) is 0 Å². The molecule has 1 aliphatic carbocycles. The zero-order valence-corrected chi connectivity index (χ0v) is 21.7. The van der Waals surface area contributed by atoms with E-state index in [2.05, 4.69) is 22.8 Å². The van der Waals surface area contributed by atoms with Crippen molar-refractivity contribution >= 4 is 23.3 Å². The third kappa shape index (κ3) is 5.50. The Morgan fingerprint density at radius 2 is 1.46 bits per heavy atom. The fourth-order valence-electron chi connectivity index (χ4n) is 4.56. The minimum atomic E-state index is -0.476. The molecule has 0 aromatic heterocycles. The second-order valence-electron chi connectivity index (χ2n) is 8.91. The van der Waals surface area contributed by atoms with Crippen molar-refractivity contribution in [3.63, 3.8) is 0 Å². The first kappa shape index (κ1) is 25.9. The maximum atomic E-state index is 12.8. The fourth-order valence-corrected chi connectivity index (χ4v) is 4.56. The van der Waals surface area contributed by atoms with Crippen molar-refractivity contribution in [2.24, 2.45) is 0 Å². The Hall–Kier alpha value is -3.74. The van der Waals surface area contributed by atoms with Crippen LogP contribution in [0.1, 0.15) is 34.2 Å². The summed E-state index contributed by atoms with van der Waals surface area (Å²) in [4.78, 5) is 25.7. The summed E-state index contributed by atoms with van der Waals surface area (Å²) < 4.78 is 15.7. The highest BCUT2D eigenvalue weighted by atomic mass is 16.5. The number of ether oxygens (including phenoxy) is 3. The lowest BCUT2D eigenvalue weighted by Gasteiger charge is -2.29. The molecule has 7 heteroatoms. The molecule has 0 saturated heterocycles. The predicted octanol–water partition coefficient (Wildman–Crippen LogP) is 5.06. The number of esters is 2. The topological polar surface area (TPSA) is 85.9 Å². The van der Waals surface area contributed by atoms with E-state index in [0.717, 1.165) is 44.9 Å². The normalized spacial score (nSPS) is 15.3. The van der Waals surface area contributed by atoms with Crippen molar-refractivity contribution in [2.75, 3.05) is 32.0 Å². The van der Waals surface area contributed by atoms with Crippen LogP contribution in [0.15, 0.2) is 47.2 Å². The molecule has 2 aromatic rings. The lowest BCUT2D eigenvalue weighted by Crippen LogP contribution is -2.34. The van der Waals surface area contributed by atoms with Gasteiger partial charge in [0.05, 0.1) is 38.5 Å². The molecule has 0 saturated carbocycles. The maximum Gasteiger partial charge on any atom is 0.335 e. The van der Waals surface area contributed by atoms with E-state index < -0.39 is 18.0 Å². The lowest BCUT2D eigenvalue weighted by atomic mass is 9.89. The largest absolute Gasteiger partial charge is 0.496 e. The number of nitrogens with one attached hydrogen (secondary N) is 2. The van der Waals surface area contributed by atoms with Crippen LogP contribution in [0.4, 0.5) is 11.4 Å². The van der Waals surface area contributed by atoms with Gasteiger partial charge in [0.1, 0.15) is 5.75 Å². The van der Waals surface area contributed by atoms with Crippen molar-refractivity contribution in [3.8, 4) is 5.75 Å². The van der Waals surface area contributed by atoms with Crippen molar-refractivity contribution in [1.29, 1.82) is 0 Å². The Balaban J connectivity index is 2.09. The van der Waals surface area contributed by atoms with Gasteiger partial charge in [0.25, 0.3) is 0 Å². The number of rotatable bonds is 7. The molecule has 3 rings (SSSR count). The van der Waals surface area contributed by atoms with Crippen LogP contribution in [0.25, 0.3) is 0 Å². The minimum absolute atomic E-state index is 0.241. The summed E-state index contributed by atoms with van der Waals surface area (Å²) in [5, 5.41) is 6.81. The average Bonchev–Trinajstić information content (AvgIpc) is 2.82. The van der Waals surface area contributed by atoms with E-state index in [-0.39, 0.29) is 6.42 Å². The molecule has 1 atom stereocenters. The molecule has 1 unspecified atom stereocenters. The fraction of sp³-hybridized carbons (Fsp3) is 0.357. The van der Waals surface area contributed by atoms with E-state index in [9.17, 15) is 9.59 Å². The summed E-state index contributed by atoms with van der Waals surface area (Å²) >= 11 is 0. The van der Waals surface area contributed by atoms with E-state index in [1.165, 1.54) is 14.2 Å². The molecule has 0 fully saturated rings. The lowest BCUT2D eigenvalue weighted by molar-refractivity contribution is -0.138. The molecule has 7 nitrogen and oxygen atoms in total. The van der Waals surface area contributed by atoms with E-state index in [1.54, 1.807) is 13.2 Å². The van der Waals surface area contributed by atoms with Crippen LogP contribution in [0.3, 0.4) is 0 Å². The molecule has 0 aliphatic heterocycles. The van der Waals surface area contributed by atoms with Gasteiger partial charge in [0, 0.05) is 29.6 Å². The standard InChI is InChI=1S/C28H34N2O5/c1-15-9-18(4)26(19(5)10-15)30-24-13-20(27(31)34-7)23(12-21(24)28(32)35-8)29-22-14-25(33-6)17(3)11-16(22)2/h9-12,14,24,29-30H,13H2,1-8H3. The molecule has 1 aliphatic rings. The number of benzene rings is 2. The maximum absolute atomic E-state index is 12.8. The number of hydrogen-bond acceptors (Lipinski definition) is 7. The van der Waals surface area contributed by atoms with Crippen molar-refractivity contribution in [1.82, 2.24) is 0 Å². The van der Waals surface area contributed by atoms with Gasteiger partial charge in [-0.3, -0.25) is 0 Å². The highest BCUT2D eigenvalue weighted by Gasteiger charge is 2.32. The van der Waals surface area contributed by atoms with Crippen molar-refractivity contribution in [3.05, 3.63) is 75.0 Å². The Morgan fingerprint density at radius 1 is 0.829 bits per heavy atom. The monoisotopic (exact) mass is 478 g/mol. The number of carbonyl (C=O) groups is 2. The smallest absolute Gasteiger partial charge is 0.335 e. The van der Waals surface area contributed by atoms with Crippen LogP contribution in [0.5, 0.6) is 5.75 Å². The van der Waals surface area contributed by atoms with E-state index in [4.69, 9.17) is 14.2 Å². The summed E-state index contributed by atoms with van der Waals surface area (Å²) in [6.07, 6.45) is 1.91. The summed E-state index contributed by atoms with van der Waals surface area (Å²) in [6, 6.07) is 7.56. The highest BCUT2D eigenvalue weighted by Crippen LogP contribution is 2.34. The SMILES string of the molecule is COC(=O)C1=CC(Nc2cc(OC)c(C)cc2C)=C(C(=O)OC)CC1Nc1c(C)cc(C)cc1C. The number of carbonyl (C=O) groups excluding carboxylic acids is 2. The first-order valence-electron chi connectivity index (χ1n) is 11.5. The van der Waals surface area contributed by atoms with Gasteiger partial charge in [-0.15, -0.1) is 0 Å². The summed E-state index contributed by atoms with van der Waals surface area (Å²) in [6.45, 7) is 10.0. The van der Waals surface area contributed by atoms with Gasteiger partial charge < -0.3 is 24.8 Å². The second kappa shape index (κ2) is 10.7. The van der Waals surface area contributed by atoms with Gasteiger partial charge in [0.15, 0.2) is 0 Å². The second-order valence-corrected chi connectivity index (χ2v) is 8.91. The molecular formula is C28H34N2O5. The van der Waals surface area contributed by atoms with E-state index >= 15 is 0 Å². The molecule has 0 spiro atoms. The van der Waals surface area contributed by atoms with Crippen molar-refractivity contribution in [2.45, 2.75) is 47.1 Å². The molecule has 2 aromatic carbocycles. The van der Waals surface area contributed by atoms with Gasteiger partial charge in [-0.1, -0.05) is 23.8 Å². The zero-order valence-electron chi connectivity index (χ0n) is 21.7. The van der Waals surface area contributed by atoms with Crippen LogP contribution in [-0.4, -0.2) is 39.3 Å². The van der Waals surface area contributed by atoms with Gasteiger partial charge in [-0.25, -0.2) is 9.59 Å². The van der Waals surface area contributed by atoms with Crippen LogP contribution in [0.2, 0.25) is 0 Å². The number of allylic oxidation sites excluding steroid dienone is 1. The highest BCUT2D eigenvalue weighted by molar-refractivity contribution is 5.97. The third-order valence-electron chi connectivity index (χ3n) is 6.27. The van der Waals surface area contributed by atoms with E-state index in [0.29, 0.717) is 16.8 Å². The Labute approximate surface area is 207 Å². The van der Waals surface area contributed by atoms with Gasteiger partial charge >= 0.3 is 11.9 Å².